The smallest absolute Gasteiger partial charge is 0.0348 e. The van der Waals surface area contributed by atoms with Gasteiger partial charge in [-0.1, -0.05) is 18.2 Å². The summed E-state index contributed by atoms with van der Waals surface area (Å²) in [7, 11) is 0. The number of nitrogens with one attached hydrogen (secondary N) is 1. The number of hydrogen-bond donors (Lipinski definition) is 1. The third-order valence-electron chi connectivity index (χ3n) is 2.24. The molecular weight excluding hydrogens is 158 g/mol. The average molecular weight is 173 g/mol. The van der Waals surface area contributed by atoms with Crippen LogP contribution in [-0.2, 0) is 6.42 Å². The first-order chi connectivity index (χ1) is 6.25. The Morgan fingerprint density at radius 3 is 2.92 bits per heavy atom. The topological polar surface area (TPSA) is 12.0 Å². The van der Waals surface area contributed by atoms with Crippen LogP contribution in [0.3, 0.4) is 0 Å². The number of fused-ring (bicyclic) bond motifs is 1. The zero-order valence-electron chi connectivity index (χ0n) is 8.17. The second-order valence-corrected chi connectivity index (χ2v) is 3.82. The Morgan fingerprint density at radius 1 is 1.31 bits per heavy atom. The van der Waals surface area contributed by atoms with Gasteiger partial charge in [0.2, 0.25) is 0 Å². The van der Waals surface area contributed by atoms with Crippen LogP contribution in [0.1, 0.15) is 25.0 Å². The molecule has 0 bridgehead atoms. The SMILES string of the molecule is CC(C)Nc1ccc2c(c1)C=CC2. The molecule has 1 nitrogen and oxygen atoms in total. The molecule has 13 heavy (non-hydrogen) atoms. The lowest BCUT2D eigenvalue weighted by atomic mass is 10.1. The summed E-state index contributed by atoms with van der Waals surface area (Å²) in [5.41, 5.74) is 4.03. The van der Waals surface area contributed by atoms with Crippen LogP contribution in [-0.4, -0.2) is 6.04 Å². The lowest BCUT2D eigenvalue weighted by Crippen LogP contribution is -2.09. The molecule has 0 fully saturated rings. The molecule has 1 heteroatoms. The molecule has 0 spiro atoms. The molecule has 0 radical (unpaired) electrons. The predicted molar refractivity (Wildman–Crippen MR) is 57.9 cm³/mol. The lowest BCUT2D eigenvalue weighted by molar-refractivity contribution is 0.899. The van der Waals surface area contributed by atoms with Crippen molar-refractivity contribution in [3.8, 4) is 0 Å². The van der Waals surface area contributed by atoms with E-state index in [0.29, 0.717) is 6.04 Å². The van der Waals surface area contributed by atoms with E-state index in [1.807, 2.05) is 0 Å². The fourth-order valence-electron chi connectivity index (χ4n) is 1.67. The maximum atomic E-state index is 3.40. The summed E-state index contributed by atoms with van der Waals surface area (Å²) in [5.74, 6) is 0. The number of hydrogen-bond acceptors (Lipinski definition) is 1. The molecule has 0 aliphatic heterocycles. The van der Waals surface area contributed by atoms with E-state index >= 15 is 0 Å². The van der Waals surface area contributed by atoms with E-state index in [1.165, 1.54) is 16.8 Å². The van der Waals surface area contributed by atoms with Gasteiger partial charge in [-0.2, -0.15) is 0 Å². The zero-order chi connectivity index (χ0) is 9.26. The van der Waals surface area contributed by atoms with Gasteiger partial charge in [0.25, 0.3) is 0 Å². The number of anilines is 1. The van der Waals surface area contributed by atoms with Crippen molar-refractivity contribution in [1.82, 2.24) is 0 Å². The fourth-order valence-corrected chi connectivity index (χ4v) is 1.67. The third-order valence-corrected chi connectivity index (χ3v) is 2.24. The molecule has 1 aliphatic rings. The van der Waals surface area contributed by atoms with Crippen LogP contribution in [0.15, 0.2) is 24.3 Å². The fraction of sp³-hybridized carbons (Fsp3) is 0.333. The van der Waals surface area contributed by atoms with E-state index in [-0.39, 0.29) is 0 Å². The van der Waals surface area contributed by atoms with Crippen molar-refractivity contribution in [2.75, 3.05) is 5.32 Å². The number of rotatable bonds is 2. The Morgan fingerprint density at radius 2 is 2.15 bits per heavy atom. The van der Waals surface area contributed by atoms with Crippen molar-refractivity contribution in [3.05, 3.63) is 35.4 Å². The number of allylic oxidation sites excluding steroid dienone is 1. The van der Waals surface area contributed by atoms with Crippen LogP contribution in [0.4, 0.5) is 5.69 Å². The van der Waals surface area contributed by atoms with E-state index in [2.05, 4.69) is 49.5 Å². The Kier molecular flexibility index (Phi) is 2.09. The van der Waals surface area contributed by atoms with Crippen molar-refractivity contribution in [2.45, 2.75) is 26.3 Å². The highest BCUT2D eigenvalue weighted by molar-refractivity contribution is 5.65. The van der Waals surface area contributed by atoms with Gasteiger partial charge in [-0.3, -0.25) is 0 Å². The molecule has 0 aromatic heterocycles. The van der Waals surface area contributed by atoms with E-state index in [0.717, 1.165) is 6.42 Å². The summed E-state index contributed by atoms with van der Waals surface area (Å²) in [6.07, 6.45) is 5.50. The zero-order valence-corrected chi connectivity index (χ0v) is 8.17. The molecule has 0 unspecified atom stereocenters. The first-order valence-electron chi connectivity index (χ1n) is 4.82. The minimum absolute atomic E-state index is 0.503. The summed E-state index contributed by atoms with van der Waals surface area (Å²) in [4.78, 5) is 0. The van der Waals surface area contributed by atoms with Crippen LogP contribution in [0, 0.1) is 0 Å². The highest BCUT2D eigenvalue weighted by atomic mass is 14.9. The number of benzene rings is 1. The largest absolute Gasteiger partial charge is 0.383 e. The maximum Gasteiger partial charge on any atom is 0.0348 e. The van der Waals surface area contributed by atoms with Crippen LogP contribution >= 0.6 is 0 Å². The summed E-state index contributed by atoms with van der Waals surface area (Å²) >= 11 is 0. The molecular formula is C12H15N. The Bertz CT molecular complexity index is 337. The van der Waals surface area contributed by atoms with Gasteiger partial charge in [0.15, 0.2) is 0 Å². The minimum atomic E-state index is 0.503. The maximum absolute atomic E-state index is 3.40. The highest BCUT2D eigenvalue weighted by Gasteiger charge is 2.05. The van der Waals surface area contributed by atoms with Gasteiger partial charge in [0, 0.05) is 11.7 Å². The second-order valence-electron chi connectivity index (χ2n) is 3.82. The normalized spacial score (nSPS) is 13.5. The van der Waals surface area contributed by atoms with Crippen molar-refractivity contribution in [3.63, 3.8) is 0 Å². The first kappa shape index (κ1) is 8.36. The van der Waals surface area contributed by atoms with E-state index < -0.39 is 0 Å². The van der Waals surface area contributed by atoms with E-state index in [9.17, 15) is 0 Å². The molecule has 0 heterocycles. The molecule has 0 saturated carbocycles. The third kappa shape index (κ3) is 1.74. The van der Waals surface area contributed by atoms with Gasteiger partial charge < -0.3 is 5.32 Å². The standard InChI is InChI=1S/C12H15N/c1-9(2)13-12-7-6-10-4-3-5-11(10)8-12/h3,5-9,13H,4H2,1-2H3. The van der Waals surface area contributed by atoms with E-state index in [1.54, 1.807) is 0 Å². The lowest BCUT2D eigenvalue weighted by Gasteiger charge is -2.10. The molecule has 0 saturated heterocycles. The van der Waals surface area contributed by atoms with Crippen molar-refractivity contribution in [2.24, 2.45) is 0 Å². The first-order valence-corrected chi connectivity index (χ1v) is 4.82. The predicted octanol–water partition coefficient (Wildman–Crippen LogP) is 3.08. The molecule has 68 valence electrons. The summed E-state index contributed by atoms with van der Waals surface area (Å²) < 4.78 is 0. The summed E-state index contributed by atoms with van der Waals surface area (Å²) in [6, 6.07) is 7.09. The van der Waals surface area contributed by atoms with Gasteiger partial charge in [-0.05, 0) is 43.5 Å². The molecule has 0 amide bonds. The molecule has 1 aliphatic carbocycles. The van der Waals surface area contributed by atoms with E-state index in [4.69, 9.17) is 0 Å². The van der Waals surface area contributed by atoms with Gasteiger partial charge in [-0.25, -0.2) is 0 Å². The molecule has 1 N–H and O–H groups in total. The van der Waals surface area contributed by atoms with Gasteiger partial charge >= 0.3 is 0 Å². The summed E-state index contributed by atoms with van der Waals surface area (Å²) in [5, 5.41) is 3.40. The monoisotopic (exact) mass is 173 g/mol. The average Bonchev–Trinajstić information content (AvgIpc) is 2.49. The molecule has 1 aromatic carbocycles. The van der Waals surface area contributed by atoms with Crippen molar-refractivity contribution >= 4 is 11.8 Å². The van der Waals surface area contributed by atoms with Crippen LogP contribution in [0.2, 0.25) is 0 Å². The van der Waals surface area contributed by atoms with Gasteiger partial charge in [0.1, 0.15) is 0 Å². The minimum Gasteiger partial charge on any atom is -0.383 e. The second kappa shape index (κ2) is 3.25. The van der Waals surface area contributed by atoms with Crippen LogP contribution in [0.5, 0.6) is 0 Å². The van der Waals surface area contributed by atoms with Crippen molar-refractivity contribution in [1.29, 1.82) is 0 Å². The Balaban J connectivity index is 2.25. The Labute approximate surface area is 79.5 Å². The quantitative estimate of drug-likeness (QED) is 0.724. The highest BCUT2D eigenvalue weighted by Crippen LogP contribution is 2.23. The molecule has 0 atom stereocenters. The van der Waals surface area contributed by atoms with Gasteiger partial charge in [-0.15, -0.1) is 0 Å². The van der Waals surface area contributed by atoms with Crippen LogP contribution < -0.4 is 5.32 Å². The molecule has 1 aromatic rings. The Hall–Kier alpha value is -1.24. The summed E-state index contributed by atoms with van der Waals surface area (Å²) in [6.45, 7) is 4.31. The van der Waals surface area contributed by atoms with Crippen molar-refractivity contribution < 1.29 is 0 Å². The molecule has 2 rings (SSSR count). The van der Waals surface area contributed by atoms with Gasteiger partial charge in [0.05, 0.1) is 0 Å². The van der Waals surface area contributed by atoms with Crippen LogP contribution in [0.25, 0.3) is 6.08 Å².